The summed E-state index contributed by atoms with van der Waals surface area (Å²) in [5, 5.41) is 6.42. The molecule has 0 saturated carbocycles. The molecule has 4 aromatic heterocycles. The van der Waals surface area contributed by atoms with E-state index in [0.29, 0.717) is 0 Å². The summed E-state index contributed by atoms with van der Waals surface area (Å²) in [5.74, 6) is 0. The number of nitrogens with zero attached hydrogens (tertiary/aromatic N) is 3. The molecule has 0 unspecified atom stereocenters. The molecule has 0 fully saturated rings. The summed E-state index contributed by atoms with van der Waals surface area (Å²) in [4.78, 5) is 10.9. The summed E-state index contributed by atoms with van der Waals surface area (Å²) in [7, 11) is 0. The maximum atomic E-state index is 6.23. The molecule has 8 aromatic rings. The molecule has 4 heterocycles. The van der Waals surface area contributed by atoms with Crippen molar-refractivity contribution < 1.29 is 8.83 Å². The summed E-state index contributed by atoms with van der Waals surface area (Å²) >= 11 is 0. The average Bonchev–Trinajstić information content (AvgIpc) is 3.51. The second-order valence-corrected chi connectivity index (χ2v) is 9.15. The van der Waals surface area contributed by atoms with E-state index in [1.807, 2.05) is 36.7 Å². The van der Waals surface area contributed by atoms with Crippen LogP contribution in [0.1, 0.15) is 0 Å². The normalized spacial score (nSPS) is 11.8. The van der Waals surface area contributed by atoms with E-state index >= 15 is 0 Å². The van der Waals surface area contributed by atoms with Gasteiger partial charge in [0, 0.05) is 58.4 Å². The van der Waals surface area contributed by atoms with Gasteiger partial charge < -0.3 is 13.7 Å². The first kappa shape index (κ1) is 20.1. The second-order valence-electron chi connectivity index (χ2n) is 9.15. The zero-order valence-corrected chi connectivity index (χ0v) is 19.6. The highest BCUT2D eigenvalue weighted by molar-refractivity contribution is 6.14. The van der Waals surface area contributed by atoms with Gasteiger partial charge in [0.25, 0.3) is 0 Å². The lowest BCUT2D eigenvalue weighted by molar-refractivity contribution is 0.668. The molecule has 0 N–H and O–H groups in total. The molecule has 0 aliphatic rings. The van der Waals surface area contributed by atoms with Gasteiger partial charge in [-0.3, -0.25) is 9.97 Å². The van der Waals surface area contributed by atoms with Crippen LogP contribution in [0.4, 0.5) is 17.1 Å². The van der Waals surface area contributed by atoms with Crippen molar-refractivity contribution in [2.45, 2.75) is 0 Å². The minimum absolute atomic E-state index is 0.816. The van der Waals surface area contributed by atoms with Gasteiger partial charge in [-0.1, -0.05) is 36.4 Å². The van der Waals surface area contributed by atoms with Crippen molar-refractivity contribution in [2.24, 2.45) is 0 Å². The van der Waals surface area contributed by atoms with Gasteiger partial charge >= 0.3 is 0 Å². The van der Waals surface area contributed by atoms with E-state index in [1.54, 1.807) is 12.4 Å². The van der Waals surface area contributed by atoms with Gasteiger partial charge in [-0.05, 0) is 59.3 Å². The molecule has 5 heteroatoms. The molecule has 0 aliphatic carbocycles. The molecule has 8 rings (SSSR count). The van der Waals surface area contributed by atoms with E-state index in [4.69, 9.17) is 8.83 Å². The van der Waals surface area contributed by atoms with Crippen LogP contribution in [0.3, 0.4) is 0 Å². The van der Waals surface area contributed by atoms with Crippen LogP contribution in [-0.4, -0.2) is 9.97 Å². The molecule has 0 amide bonds. The lowest BCUT2D eigenvalue weighted by Crippen LogP contribution is -2.10. The Morgan fingerprint density at radius 2 is 1.24 bits per heavy atom. The van der Waals surface area contributed by atoms with E-state index < -0.39 is 0 Å². The van der Waals surface area contributed by atoms with Gasteiger partial charge in [0.1, 0.15) is 22.3 Å². The van der Waals surface area contributed by atoms with Crippen molar-refractivity contribution in [1.29, 1.82) is 0 Å². The number of furan rings is 2. The number of hydrogen-bond donors (Lipinski definition) is 0. The number of rotatable bonds is 3. The third kappa shape index (κ3) is 3.04. The van der Waals surface area contributed by atoms with Gasteiger partial charge in [-0.25, -0.2) is 0 Å². The van der Waals surface area contributed by atoms with E-state index in [2.05, 4.69) is 81.6 Å². The van der Waals surface area contributed by atoms with Crippen LogP contribution in [0.5, 0.6) is 0 Å². The van der Waals surface area contributed by atoms with Crippen LogP contribution in [0.25, 0.3) is 54.6 Å². The smallest absolute Gasteiger partial charge is 0.138 e. The molecule has 0 radical (unpaired) electrons. The van der Waals surface area contributed by atoms with Crippen LogP contribution >= 0.6 is 0 Å². The monoisotopic (exact) mass is 477 g/mol. The van der Waals surface area contributed by atoms with E-state index in [-0.39, 0.29) is 0 Å². The first-order valence-corrected chi connectivity index (χ1v) is 12.1. The highest BCUT2D eigenvalue weighted by Crippen LogP contribution is 2.44. The zero-order valence-electron chi connectivity index (χ0n) is 19.6. The summed E-state index contributed by atoms with van der Waals surface area (Å²) in [5.41, 5.74) is 6.32. The minimum atomic E-state index is 0.816. The molecular formula is C32H19N3O2. The first-order chi connectivity index (χ1) is 18.3. The molecule has 0 atom stereocenters. The highest BCUT2D eigenvalue weighted by Gasteiger charge is 2.20. The number of benzene rings is 4. The van der Waals surface area contributed by atoms with Gasteiger partial charge in [0.2, 0.25) is 0 Å². The third-order valence-electron chi connectivity index (χ3n) is 7.02. The van der Waals surface area contributed by atoms with Crippen LogP contribution < -0.4 is 4.90 Å². The van der Waals surface area contributed by atoms with Crippen LogP contribution in [0, 0.1) is 0 Å². The Kier molecular flexibility index (Phi) is 4.16. The largest absolute Gasteiger partial charge is 0.456 e. The van der Waals surface area contributed by atoms with E-state index in [9.17, 15) is 0 Å². The number of pyridine rings is 2. The topological polar surface area (TPSA) is 55.3 Å². The second kappa shape index (κ2) is 7.67. The van der Waals surface area contributed by atoms with Crippen molar-refractivity contribution in [3.63, 3.8) is 0 Å². The fraction of sp³-hybridized carbons (Fsp3) is 0. The van der Waals surface area contributed by atoms with E-state index in [1.165, 1.54) is 10.8 Å². The summed E-state index contributed by atoms with van der Waals surface area (Å²) in [6, 6.07) is 31.3. The maximum Gasteiger partial charge on any atom is 0.138 e. The van der Waals surface area contributed by atoms with Gasteiger partial charge in [-0.15, -0.1) is 0 Å². The standard InChI is InChI=1S/C32H19N3O2/c1-2-5-21-16-22(9-8-20(21)4-1)35(23-10-11-24-25-18-33-14-12-28(25)37-31(24)17-23)27-6-3-7-30-32(27)26-19-34-15-13-29(26)36-30/h1-19H. The van der Waals surface area contributed by atoms with Crippen molar-refractivity contribution in [1.82, 2.24) is 9.97 Å². The SMILES string of the molecule is c1ccc2cc(N(c3ccc4c(c3)oc3ccncc34)c3cccc4oc5ccncc5c34)ccc2c1. The van der Waals surface area contributed by atoms with E-state index in [0.717, 1.165) is 60.9 Å². The van der Waals surface area contributed by atoms with Gasteiger partial charge in [-0.2, -0.15) is 0 Å². The predicted molar refractivity (Wildman–Crippen MR) is 149 cm³/mol. The Morgan fingerprint density at radius 1 is 0.514 bits per heavy atom. The Labute approximate surface area is 211 Å². The first-order valence-electron chi connectivity index (χ1n) is 12.1. The van der Waals surface area contributed by atoms with Crippen molar-refractivity contribution in [3.8, 4) is 0 Å². The Balaban J connectivity index is 1.44. The number of fused-ring (bicyclic) bond motifs is 7. The zero-order chi connectivity index (χ0) is 24.3. The quantitative estimate of drug-likeness (QED) is 0.254. The maximum absolute atomic E-state index is 6.23. The molecule has 0 saturated heterocycles. The number of aromatic nitrogens is 2. The molecule has 5 nitrogen and oxygen atoms in total. The average molecular weight is 478 g/mol. The van der Waals surface area contributed by atoms with Crippen molar-refractivity contribution in [2.75, 3.05) is 4.90 Å². The third-order valence-corrected chi connectivity index (χ3v) is 7.02. The summed E-state index contributed by atoms with van der Waals surface area (Å²) < 4.78 is 12.4. The summed E-state index contributed by atoms with van der Waals surface area (Å²) in [6.45, 7) is 0. The molecular weight excluding hydrogens is 458 g/mol. The van der Waals surface area contributed by atoms with Gasteiger partial charge in [0.15, 0.2) is 0 Å². The van der Waals surface area contributed by atoms with Crippen LogP contribution in [0.15, 0.2) is 125 Å². The van der Waals surface area contributed by atoms with Crippen LogP contribution in [-0.2, 0) is 0 Å². The molecule has 174 valence electrons. The van der Waals surface area contributed by atoms with Gasteiger partial charge in [0.05, 0.1) is 11.1 Å². The highest BCUT2D eigenvalue weighted by atomic mass is 16.3. The van der Waals surface area contributed by atoms with Crippen molar-refractivity contribution >= 4 is 71.7 Å². The minimum Gasteiger partial charge on any atom is -0.456 e. The lowest BCUT2D eigenvalue weighted by atomic mass is 10.1. The Bertz CT molecular complexity index is 2120. The van der Waals surface area contributed by atoms with Crippen LogP contribution in [0.2, 0.25) is 0 Å². The predicted octanol–water partition coefficient (Wildman–Crippen LogP) is 8.90. The number of hydrogen-bond acceptors (Lipinski definition) is 5. The fourth-order valence-corrected chi connectivity index (χ4v) is 5.33. The Hall–Kier alpha value is -5.16. The summed E-state index contributed by atoms with van der Waals surface area (Å²) in [6.07, 6.45) is 7.24. The Morgan fingerprint density at radius 3 is 2.14 bits per heavy atom. The molecule has 0 spiro atoms. The molecule has 4 aromatic carbocycles. The molecule has 0 aliphatic heterocycles. The molecule has 0 bridgehead atoms. The van der Waals surface area contributed by atoms with Crippen molar-refractivity contribution in [3.05, 3.63) is 116 Å². The number of anilines is 3. The molecule has 37 heavy (non-hydrogen) atoms. The fourth-order valence-electron chi connectivity index (χ4n) is 5.33. The lowest BCUT2D eigenvalue weighted by Gasteiger charge is -2.26.